The van der Waals surface area contributed by atoms with Crippen LogP contribution in [0.3, 0.4) is 0 Å². The summed E-state index contributed by atoms with van der Waals surface area (Å²) in [4.78, 5) is 13.4. The summed E-state index contributed by atoms with van der Waals surface area (Å²) in [6, 6.07) is 0.417. The minimum atomic E-state index is 0.217. The molecule has 0 unspecified atom stereocenters. The molecule has 1 saturated heterocycles. The molecule has 0 radical (unpaired) electrons. The number of carbonyl (C=O) groups excluding carboxylic acids is 1. The third-order valence-electron chi connectivity index (χ3n) is 2.81. The standard InChI is InChI=1S/C10H19NO/c1-7-6-8(10(2,3)4)11(5)9(7)12/h7-8H,6H2,1-5H3/t7-,8+/m1/s1. The molecule has 2 atom stereocenters. The van der Waals surface area contributed by atoms with E-state index >= 15 is 0 Å². The summed E-state index contributed by atoms with van der Waals surface area (Å²) in [7, 11) is 1.92. The Bertz CT molecular complexity index is 193. The molecule has 0 aromatic carbocycles. The zero-order valence-electron chi connectivity index (χ0n) is 8.72. The second-order valence-electron chi connectivity index (χ2n) is 4.97. The summed E-state index contributed by atoms with van der Waals surface area (Å²) in [6.07, 6.45) is 1.01. The van der Waals surface area contributed by atoms with Crippen molar-refractivity contribution in [3.63, 3.8) is 0 Å². The lowest BCUT2D eigenvalue weighted by Crippen LogP contribution is -2.38. The van der Waals surface area contributed by atoms with Gasteiger partial charge in [-0.15, -0.1) is 0 Å². The maximum absolute atomic E-state index is 11.5. The fraction of sp³-hybridized carbons (Fsp3) is 0.900. The van der Waals surface area contributed by atoms with Crippen molar-refractivity contribution in [3.8, 4) is 0 Å². The van der Waals surface area contributed by atoms with E-state index in [-0.39, 0.29) is 11.3 Å². The number of nitrogens with zero attached hydrogens (tertiary/aromatic N) is 1. The number of hydrogen-bond acceptors (Lipinski definition) is 1. The van der Waals surface area contributed by atoms with Crippen molar-refractivity contribution in [2.75, 3.05) is 7.05 Å². The van der Waals surface area contributed by atoms with E-state index in [0.29, 0.717) is 11.9 Å². The van der Waals surface area contributed by atoms with E-state index in [9.17, 15) is 4.79 Å². The maximum atomic E-state index is 11.5. The Morgan fingerprint density at radius 3 is 2.08 bits per heavy atom. The van der Waals surface area contributed by atoms with Gasteiger partial charge in [0.2, 0.25) is 5.91 Å². The van der Waals surface area contributed by atoms with Crippen LogP contribution in [0.15, 0.2) is 0 Å². The van der Waals surface area contributed by atoms with Gasteiger partial charge < -0.3 is 4.90 Å². The second-order valence-corrected chi connectivity index (χ2v) is 4.97. The number of hydrogen-bond donors (Lipinski definition) is 0. The van der Waals surface area contributed by atoms with Crippen molar-refractivity contribution in [2.45, 2.75) is 40.2 Å². The van der Waals surface area contributed by atoms with Crippen molar-refractivity contribution in [1.82, 2.24) is 4.90 Å². The molecule has 1 amide bonds. The molecular formula is C10H19NO. The predicted molar refractivity (Wildman–Crippen MR) is 49.8 cm³/mol. The molecule has 12 heavy (non-hydrogen) atoms. The Morgan fingerprint density at radius 1 is 1.42 bits per heavy atom. The molecule has 0 aliphatic carbocycles. The molecule has 0 bridgehead atoms. The lowest BCUT2D eigenvalue weighted by atomic mass is 9.84. The lowest BCUT2D eigenvalue weighted by molar-refractivity contribution is -0.131. The Morgan fingerprint density at radius 2 is 1.92 bits per heavy atom. The van der Waals surface area contributed by atoms with Gasteiger partial charge in [-0.2, -0.15) is 0 Å². The van der Waals surface area contributed by atoms with Gasteiger partial charge in [0.25, 0.3) is 0 Å². The van der Waals surface area contributed by atoms with Gasteiger partial charge in [0, 0.05) is 19.0 Å². The van der Waals surface area contributed by atoms with E-state index in [1.807, 2.05) is 18.9 Å². The minimum Gasteiger partial charge on any atom is -0.342 e. The highest BCUT2D eigenvalue weighted by molar-refractivity contribution is 5.80. The average molecular weight is 169 g/mol. The summed E-state index contributed by atoms with van der Waals surface area (Å²) in [5, 5.41) is 0. The highest BCUT2D eigenvalue weighted by atomic mass is 16.2. The summed E-state index contributed by atoms with van der Waals surface area (Å²) in [5.41, 5.74) is 0.217. The molecule has 2 nitrogen and oxygen atoms in total. The van der Waals surface area contributed by atoms with Crippen LogP contribution in [-0.4, -0.2) is 23.9 Å². The van der Waals surface area contributed by atoms with Gasteiger partial charge in [-0.3, -0.25) is 4.79 Å². The monoisotopic (exact) mass is 169 g/mol. The van der Waals surface area contributed by atoms with Crippen LogP contribution in [0.4, 0.5) is 0 Å². The fourth-order valence-corrected chi connectivity index (χ4v) is 2.03. The zero-order valence-corrected chi connectivity index (χ0v) is 8.72. The topological polar surface area (TPSA) is 20.3 Å². The van der Waals surface area contributed by atoms with Crippen LogP contribution in [0.1, 0.15) is 34.1 Å². The van der Waals surface area contributed by atoms with E-state index in [1.54, 1.807) is 0 Å². The van der Waals surface area contributed by atoms with Crippen LogP contribution in [0, 0.1) is 11.3 Å². The summed E-state index contributed by atoms with van der Waals surface area (Å²) < 4.78 is 0. The molecule has 1 fully saturated rings. The van der Waals surface area contributed by atoms with Crippen LogP contribution in [0.2, 0.25) is 0 Å². The van der Waals surface area contributed by atoms with Crippen molar-refractivity contribution in [2.24, 2.45) is 11.3 Å². The Kier molecular flexibility index (Phi) is 2.19. The van der Waals surface area contributed by atoms with Gasteiger partial charge >= 0.3 is 0 Å². The molecule has 0 spiro atoms. The maximum Gasteiger partial charge on any atom is 0.225 e. The zero-order chi connectivity index (χ0) is 9.52. The first-order chi connectivity index (χ1) is 5.34. The molecule has 0 N–H and O–H groups in total. The Balaban J connectivity index is 2.78. The van der Waals surface area contributed by atoms with Crippen molar-refractivity contribution < 1.29 is 4.79 Å². The SMILES string of the molecule is C[C@@H]1C[C@@H](C(C)(C)C)N(C)C1=O. The molecule has 1 aliphatic rings. The quantitative estimate of drug-likeness (QED) is 0.542. The van der Waals surface area contributed by atoms with Crippen molar-refractivity contribution >= 4 is 5.91 Å². The Hall–Kier alpha value is -0.530. The molecule has 0 saturated carbocycles. The third-order valence-corrected chi connectivity index (χ3v) is 2.81. The largest absolute Gasteiger partial charge is 0.342 e. The molecular weight excluding hydrogens is 150 g/mol. The first-order valence-corrected chi connectivity index (χ1v) is 4.60. The van der Waals surface area contributed by atoms with E-state index in [4.69, 9.17) is 0 Å². The second kappa shape index (κ2) is 2.75. The van der Waals surface area contributed by atoms with Crippen LogP contribution < -0.4 is 0 Å². The number of rotatable bonds is 0. The highest BCUT2D eigenvalue weighted by Crippen LogP contribution is 2.34. The number of likely N-dealkylation sites (tertiary alicyclic amines) is 1. The molecule has 1 aliphatic heterocycles. The van der Waals surface area contributed by atoms with Crippen LogP contribution >= 0.6 is 0 Å². The number of amides is 1. The van der Waals surface area contributed by atoms with E-state index in [2.05, 4.69) is 20.8 Å². The van der Waals surface area contributed by atoms with Gasteiger partial charge in [0.05, 0.1) is 0 Å². The molecule has 70 valence electrons. The molecule has 2 heteroatoms. The first-order valence-electron chi connectivity index (χ1n) is 4.60. The third kappa shape index (κ3) is 1.47. The van der Waals surface area contributed by atoms with Crippen LogP contribution in [0.25, 0.3) is 0 Å². The van der Waals surface area contributed by atoms with Gasteiger partial charge in [-0.05, 0) is 11.8 Å². The van der Waals surface area contributed by atoms with Crippen LogP contribution in [0.5, 0.6) is 0 Å². The summed E-state index contributed by atoms with van der Waals surface area (Å²) >= 11 is 0. The van der Waals surface area contributed by atoms with Gasteiger partial charge in [0.15, 0.2) is 0 Å². The minimum absolute atomic E-state index is 0.217. The van der Waals surface area contributed by atoms with E-state index in [0.717, 1.165) is 6.42 Å². The van der Waals surface area contributed by atoms with Crippen molar-refractivity contribution in [3.05, 3.63) is 0 Å². The van der Waals surface area contributed by atoms with E-state index in [1.165, 1.54) is 0 Å². The summed E-state index contributed by atoms with van der Waals surface area (Å²) in [6.45, 7) is 8.60. The molecule has 1 heterocycles. The normalized spacial score (nSPS) is 31.4. The highest BCUT2D eigenvalue weighted by Gasteiger charge is 2.40. The Labute approximate surface area is 74.9 Å². The average Bonchev–Trinajstić information content (AvgIpc) is 2.15. The van der Waals surface area contributed by atoms with Crippen LogP contribution in [-0.2, 0) is 4.79 Å². The van der Waals surface area contributed by atoms with Crippen molar-refractivity contribution in [1.29, 1.82) is 0 Å². The van der Waals surface area contributed by atoms with E-state index < -0.39 is 0 Å². The molecule has 0 aromatic heterocycles. The first kappa shape index (κ1) is 9.56. The predicted octanol–water partition coefficient (Wildman–Crippen LogP) is 1.90. The van der Waals surface area contributed by atoms with Gasteiger partial charge in [0.1, 0.15) is 0 Å². The number of carbonyl (C=O) groups is 1. The smallest absolute Gasteiger partial charge is 0.225 e. The molecule has 0 aromatic rings. The lowest BCUT2D eigenvalue weighted by Gasteiger charge is -2.32. The fourth-order valence-electron chi connectivity index (χ4n) is 2.03. The molecule has 1 rings (SSSR count). The van der Waals surface area contributed by atoms with Gasteiger partial charge in [-0.25, -0.2) is 0 Å². The van der Waals surface area contributed by atoms with Gasteiger partial charge in [-0.1, -0.05) is 27.7 Å². The summed E-state index contributed by atoms with van der Waals surface area (Å²) in [5.74, 6) is 0.522.